The van der Waals surface area contributed by atoms with E-state index in [1.165, 1.54) is 5.69 Å². The van der Waals surface area contributed by atoms with Crippen molar-refractivity contribution in [1.29, 1.82) is 0 Å². The van der Waals surface area contributed by atoms with E-state index in [-0.39, 0.29) is 0 Å². The molecule has 1 aromatic carbocycles. The van der Waals surface area contributed by atoms with Crippen molar-refractivity contribution in [3.63, 3.8) is 0 Å². The number of halogens is 1. The minimum Gasteiger partial charge on any atom is -0.378 e. The van der Waals surface area contributed by atoms with E-state index in [1.807, 2.05) is 24.3 Å². The molecule has 0 radical (unpaired) electrons. The lowest BCUT2D eigenvalue weighted by molar-refractivity contribution is -0.884. The summed E-state index contributed by atoms with van der Waals surface area (Å²) in [5.41, 5.74) is 5.39. The fourth-order valence-electron chi connectivity index (χ4n) is 2.84. The molecule has 0 unspecified atom stereocenters. The first-order chi connectivity index (χ1) is 11.3. The van der Waals surface area contributed by atoms with E-state index in [0.29, 0.717) is 6.54 Å². The number of anilines is 1. The third-order valence-electron chi connectivity index (χ3n) is 4.00. The predicted octanol–water partition coefficient (Wildman–Crippen LogP) is 4.11. The fraction of sp³-hybridized carbons (Fsp3) is 0.316. The number of quaternary nitrogens is 1. The van der Waals surface area contributed by atoms with Crippen LogP contribution in [0.25, 0.3) is 5.65 Å². The van der Waals surface area contributed by atoms with Crippen LogP contribution in [0.1, 0.15) is 17.0 Å². The summed E-state index contributed by atoms with van der Waals surface area (Å²) in [7, 11) is 6.58. The number of aromatic nitrogens is 2. The number of fused-ring (bicyclic) bond motifs is 1. The molecule has 0 aliphatic rings. The molecule has 126 valence electrons. The van der Waals surface area contributed by atoms with Crippen LogP contribution in [-0.4, -0.2) is 35.0 Å². The largest absolute Gasteiger partial charge is 0.378 e. The zero-order valence-electron chi connectivity index (χ0n) is 14.7. The van der Waals surface area contributed by atoms with Gasteiger partial charge < -0.3 is 9.80 Å². The van der Waals surface area contributed by atoms with Gasteiger partial charge in [-0.2, -0.15) is 0 Å². The van der Waals surface area contributed by atoms with Gasteiger partial charge in [0.15, 0.2) is 5.65 Å². The van der Waals surface area contributed by atoms with Gasteiger partial charge in [0.2, 0.25) is 0 Å². The lowest BCUT2D eigenvalue weighted by atomic mass is 10.2. The summed E-state index contributed by atoms with van der Waals surface area (Å²) in [6.45, 7) is 3.69. The van der Waals surface area contributed by atoms with E-state index in [9.17, 15) is 0 Å². The first kappa shape index (κ1) is 16.8. The topological polar surface area (TPSA) is 29.3 Å². The number of hydrogen-bond acceptors (Lipinski definition) is 2. The molecule has 0 fully saturated rings. The molecule has 24 heavy (non-hydrogen) atoms. The van der Waals surface area contributed by atoms with E-state index in [0.717, 1.165) is 38.6 Å². The normalized spacial score (nSPS) is 11.9. The summed E-state index contributed by atoms with van der Waals surface area (Å²) in [6.07, 6.45) is 2.08. The monoisotopic (exact) mass is 343 g/mol. The molecule has 0 aliphatic heterocycles. The molecule has 3 aromatic rings. The van der Waals surface area contributed by atoms with Crippen molar-refractivity contribution in [3.8, 4) is 0 Å². The molecular formula is C19H24ClN4+. The Bertz CT molecular complexity index is 861. The lowest BCUT2D eigenvalue weighted by Crippen LogP contribution is -2.34. The van der Waals surface area contributed by atoms with Gasteiger partial charge >= 0.3 is 0 Å². The average Bonchev–Trinajstić information content (AvgIpc) is 2.82. The Morgan fingerprint density at radius 3 is 2.58 bits per heavy atom. The minimum absolute atomic E-state index is 0.677. The molecular weight excluding hydrogens is 320 g/mol. The molecule has 2 aromatic heterocycles. The van der Waals surface area contributed by atoms with Crippen molar-refractivity contribution in [1.82, 2.24) is 9.38 Å². The number of aryl methyl sites for hydroxylation is 1. The maximum atomic E-state index is 6.25. The fourth-order valence-corrected chi connectivity index (χ4v) is 3.04. The van der Waals surface area contributed by atoms with Crippen molar-refractivity contribution in [2.45, 2.75) is 20.0 Å². The van der Waals surface area contributed by atoms with Crippen molar-refractivity contribution >= 4 is 22.9 Å². The Hall–Kier alpha value is -2.04. The summed E-state index contributed by atoms with van der Waals surface area (Å²) in [4.78, 5) is 4.79. The maximum absolute atomic E-state index is 6.25. The highest BCUT2D eigenvalue weighted by molar-refractivity contribution is 6.31. The highest BCUT2D eigenvalue weighted by Crippen LogP contribution is 2.23. The standard InChI is InChI=1S/C19H24ClN4/c1-14-18(13-24(2,3)4)23-11-7-10-17(19(23)22-14)21-12-15-8-5-6-9-16(15)20/h5-11,21H,12-13H2,1-4H3/q+1. The minimum atomic E-state index is 0.677. The highest BCUT2D eigenvalue weighted by atomic mass is 35.5. The van der Waals surface area contributed by atoms with Crippen molar-refractivity contribution < 1.29 is 4.48 Å². The summed E-state index contributed by atoms with van der Waals surface area (Å²) < 4.78 is 3.06. The van der Waals surface area contributed by atoms with Crippen LogP contribution in [0.2, 0.25) is 5.02 Å². The van der Waals surface area contributed by atoms with Gasteiger partial charge in [0.05, 0.1) is 32.5 Å². The van der Waals surface area contributed by atoms with Crippen LogP contribution in [0.15, 0.2) is 42.6 Å². The number of benzene rings is 1. The van der Waals surface area contributed by atoms with E-state index in [4.69, 9.17) is 16.6 Å². The second kappa shape index (κ2) is 6.46. The number of rotatable bonds is 5. The number of pyridine rings is 1. The Balaban J connectivity index is 1.92. The second-order valence-corrected chi connectivity index (χ2v) is 7.56. The molecule has 3 rings (SSSR count). The molecule has 0 bridgehead atoms. The van der Waals surface area contributed by atoms with Crippen LogP contribution in [-0.2, 0) is 13.1 Å². The van der Waals surface area contributed by atoms with Gasteiger partial charge in [-0.15, -0.1) is 0 Å². The third kappa shape index (κ3) is 3.55. The van der Waals surface area contributed by atoms with Crippen LogP contribution < -0.4 is 5.32 Å². The first-order valence-electron chi connectivity index (χ1n) is 8.09. The van der Waals surface area contributed by atoms with E-state index in [1.54, 1.807) is 0 Å². The zero-order valence-corrected chi connectivity index (χ0v) is 15.4. The van der Waals surface area contributed by atoms with Gasteiger partial charge in [0.25, 0.3) is 0 Å². The summed E-state index contributed by atoms with van der Waals surface area (Å²) in [6, 6.07) is 12.0. The molecule has 0 amide bonds. The van der Waals surface area contributed by atoms with E-state index >= 15 is 0 Å². The smallest absolute Gasteiger partial charge is 0.160 e. The number of hydrogen-bond donors (Lipinski definition) is 1. The van der Waals surface area contributed by atoms with E-state index < -0.39 is 0 Å². The van der Waals surface area contributed by atoms with E-state index in [2.05, 4.69) is 56.1 Å². The Kier molecular flexibility index (Phi) is 4.52. The van der Waals surface area contributed by atoms with Crippen molar-refractivity contribution in [2.75, 3.05) is 26.5 Å². The summed E-state index contributed by atoms with van der Waals surface area (Å²) >= 11 is 6.25. The Morgan fingerprint density at radius 1 is 1.12 bits per heavy atom. The lowest BCUT2D eigenvalue weighted by Gasteiger charge is -2.23. The van der Waals surface area contributed by atoms with Crippen LogP contribution in [0.3, 0.4) is 0 Å². The van der Waals surface area contributed by atoms with Crippen molar-refractivity contribution in [2.24, 2.45) is 0 Å². The second-order valence-electron chi connectivity index (χ2n) is 7.15. The molecule has 0 saturated heterocycles. The first-order valence-corrected chi connectivity index (χ1v) is 8.47. The zero-order chi connectivity index (χ0) is 17.3. The number of nitrogens with one attached hydrogen (secondary N) is 1. The molecule has 4 nitrogen and oxygen atoms in total. The van der Waals surface area contributed by atoms with Crippen LogP contribution in [0.5, 0.6) is 0 Å². The molecule has 0 aliphatic carbocycles. The van der Waals surface area contributed by atoms with Crippen LogP contribution in [0.4, 0.5) is 5.69 Å². The quantitative estimate of drug-likeness (QED) is 0.706. The van der Waals surface area contributed by atoms with Gasteiger partial charge in [-0.1, -0.05) is 29.8 Å². The molecule has 5 heteroatoms. The van der Waals surface area contributed by atoms with Gasteiger partial charge in [0.1, 0.15) is 12.2 Å². The molecule has 1 N–H and O–H groups in total. The van der Waals surface area contributed by atoms with Crippen LogP contribution >= 0.6 is 11.6 Å². The van der Waals surface area contributed by atoms with Crippen molar-refractivity contribution in [3.05, 3.63) is 64.6 Å². The summed E-state index contributed by atoms with van der Waals surface area (Å²) in [5, 5.41) is 4.26. The van der Waals surface area contributed by atoms with Gasteiger partial charge in [-0.25, -0.2) is 4.98 Å². The van der Waals surface area contributed by atoms with Crippen LogP contribution in [0, 0.1) is 6.92 Å². The average molecular weight is 344 g/mol. The maximum Gasteiger partial charge on any atom is 0.160 e. The highest BCUT2D eigenvalue weighted by Gasteiger charge is 2.18. The molecule has 0 atom stereocenters. The predicted molar refractivity (Wildman–Crippen MR) is 100 cm³/mol. The number of imidazole rings is 1. The Morgan fingerprint density at radius 2 is 1.88 bits per heavy atom. The SMILES string of the molecule is Cc1nc2c(NCc3ccccc3Cl)cccn2c1C[N+](C)(C)C. The van der Waals surface area contributed by atoms with Gasteiger partial charge in [-0.05, 0) is 30.7 Å². The molecule has 0 spiro atoms. The third-order valence-corrected chi connectivity index (χ3v) is 4.37. The molecule has 2 heterocycles. The number of nitrogens with zero attached hydrogens (tertiary/aromatic N) is 3. The molecule has 0 saturated carbocycles. The van der Waals surface area contributed by atoms with Gasteiger partial charge in [0, 0.05) is 17.8 Å². The van der Waals surface area contributed by atoms with Gasteiger partial charge in [-0.3, -0.25) is 4.40 Å². The Labute approximate surface area is 148 Å². The summed E-state index contributed by atoms with van der Waals surface area (Å²) in [5.74, 6) is 0.